The van der Waals surface area contributed by atoms with Crippen LogP contribution < -0.4 is 5.32 Å². The van der Waals surface area contributed by atoms with E-state index in [1.165, 1.54) is 32.1 Å². The third-order valence-electron chi connectivity index (χ3n) is 3.70. The van der Waals surface area contributed by atoms with Crippen LogP contribution in [0.1, 0.15) is 39.0 Å². The average molecular weight is 253 g/mol. The number of aromatic amines is 1. The molecule has 0 amide bonds. The molecule has 1 aromatic heterocycles. The molecule has 0 aromatic carbocycles. The molecule has 2 N–H and O–H groups in total. The van der Waals surface area contributed by atoms with E-state index in [1.54, 1.807) is 0 Å². The maximum absolute atomic E-state index is 4.33. The molecule has 1 fully saturated rings. The predicted octanol–water partition coefficient (Wildman–Crippen LogP) is 3.06. The fraction of sp³-hybridized carbons (Fsp3) is 0.769. The Hall–Kier alpha value is -0.480. The van der Waals surface area contributed by atoms with Crippen molar-refractivity contribution in [3.05, 3.63) is 12.4 Å². The molecule has 17 heavy (non-hydrogen) atoms. The standard InChI is InChI=1S/C13H23N3S/c1-3-4-10-5-6-11(14-2)12(9-10)17-13-15-7-8-16-13/h7-8,10-12,14H,3-6,9H2,1-2H3,(H,15,16). The van der Waals surface area contributed by atoms with E-state index < -0.39 is 0 Å². The van der Waals surface area contributed by atoms with Gasteiger partial charge in [0.15, 0.2) is 5.16 Å². The molecule has 2 rings (SSSR count). The van der Waals surface area contributed by atoms with Crippen molar-refractivity contribution in [2.75, 3.05) is 7.05 Å². The molecule has 3 atom stereocenters. The topological polar surface area (TPSA) is 40.7 Å². The molecular weight excluding hydrogens is 230 g/mol. The highest BCUT2D eigenvalue weighted by Crippen LogP contribution is 2.36. The number of nitrogens with zero attached hydrogens (tertiary/aromatic N) is 1. The Morgan fingerprint density at radius 1 is 1.53 bits per heavy atom. The zero-order valence-electron chi connectivity index (χ0n) is 10.8. The third kappa shape index (κ3) is 3.49. The minimum Gasteiger partial charge on any atom is -0.340 e. The summed E-state index contributed by atoms with van der Waals surface area (Å²) in [5.74, 6) is 0.914. The van der Waals surface area contributed by atoms with Gasteiger partial charge in [-0.15, -0.1) is 0 Å². The highest BCUT2D eigenvalue weighted by Gasteiger charge is 2.30. The molecular formula is C13H23N3S. The van der Waals surface area contributed by atoms with E-state index in [2.05, 4.69) is 29.3 Å². The zero-order chi connectivity index (χ0) is 12.1. The van der Waals surface area contributed by atoms with Gasteiger partial charge < -0.3 is 10.3 Å². The number of H-pyrrole nitrogens is 1. The van der Waals surface area contributed by atoms with Gasteiger partial charge in [-0.05, 0) is 32.2 Å². The van der Waals surface area contributed by atoms with Gasteiger partial charge >= 0.3 is 0 Å². The Morgan fingerprint density at radius 3 is 3.06 bits per heavy atom. The lowest BCUT2D eigenvalue weighted by Gasteiger charge is -2.35. The Labute approximate surface area is 108 Å². The largest absolute Gasteiger partial charge is 0.340 e. The highest BCUT2D eigenvalue weighted by molar-refractivity contribution is 7.99. The molecule has 1 heterocycles. The van der Waals surface area contributed by atoms with Crippen LogP contribution in [-0.2, 0) is 0 Å². The molecule has 1 aliphatic rings. The molecule has 96 valence electrons. The van der Waals surface area contributed by atoms with Crippen LogP contribution >= 0.6 is 11.8 Å². The summed E-state index contributed by atoms with van der Waals surface area (Å²) >= 11 is 1.90. The lowest BCUT2D eigenvalue weighted by atomic mass is 9.83. The van der Waals surface area contributed by atoms with Crippen molar-refractivity contribution < 1.29 is 0 Å². The summed E-state index contributed by atoms with van der Waals surface area (Å²) in [6.45, 7) is 2.29. The normalized spacial score (nSPS) is 29.4. The molecule has 1 saturated carbocycles. The first kappa shape index (κ1) is 13.0. The number of nitrogens with one attached hydrogen (secondary N) is 2. The molecule has 0 saturated heterocycles. The second-order valence-corrected chi connectivity index (χ2v) is 6.14. The maximum atomic E-state index is 4.33. The van der Waals surface area contributed by atoms with Gasteiger partial charge in [0.25, 0.3) is 0 Å². The molecule has 0 aliphatic heterocycles. The summed E-state index contributed by atoms with van der Waals surface area (Å²) in [7, 11) is 2.08. The molecule has 1 aliphatic carbocycles. The first-order chi connectivity index (χ1) is 8.33. The summed E-state index contributed by atoms with van der Waals surface area (Å²) in [6, 6.07) is 0.637. The quantitative estimate of drug-likeness (QED) is 0.847. The number of hydrogen-bond acceptors (Lipinski definition) is 3. The number of imidazole rings is 1. The highest BCUT2D eigenvalue weighted by atomic mass is 32.2. The van der Waals surface area contributed by atoms with Gasteiger partial charge in [-0.3, -0.25) is 0 Å². The van der Waals surface area contributed by atoms with Gasteiger partial charge in [0.1, 0.15) is 0 Å². The Morgan fingerprint density at radius 2 is 2.41 bits per heavy atom. The fourth-order valence-corrected chi connectivity index (χ4v) is 4.15. The van der Waals surface area contributed by atoms with E-state index in [0.717, 1.165) is 11.1 Å². The van der Waals surface area contributed by atoms with Gasteiger partial charge in [-0.25, -0.2) is 4.98 Å². The maximum Gasteiger partial charge on any atom is 0.165 e. The summed E-state index contributed by atoms with van der Waals surface area (Å²) in [5.41, 5.74) is 0. The number of rotatable bonds is 5. The minimum atomic E-state index is 0.637. The Balaban J connectivity index is 1.94. The van der Waals surface area contributed by atoms with Crippen LogP contribution in [0.3, 0.4) is 0 Å². The van der Waals surface area contributed by atoms with Gasteiger partial charge in [0.05, 0.1) is 0 Å². The van der Waals surface area contributed by atoms with Crippen molar-refractivity contribution in [1.29, 1.82) is 0 Å². The predicted molar refractivity (Wildman–Crippen MR) is 73.3 cm³/mol. The van der Waals surface area contributed by atoms with Crippen molar-refractivity contribution >= 4 is 11.8 Å². The van der Waals surface area contributed by atoms with E-state index in [1.807, 2.05) is 24.2 Å². The molecule has 3 nitrogen and oxygen atoms in total. The van der Waals surface area contributed by atoms with Crippen molar-refractivity contribution in [3.63, 3.8) is 0 Å². The number of hydrogen-bond donors (Lipinski definition) is 2. The monoisotopic (exact) mass is 253 g/mol. The van der Waals surface area contributed by atoms with Crippen LogP contribution in [0.25, 0.3) is 0 Å². The van der Waals surface area contributed by atoms with E-state index in [9.17, 15) is 0 Å². The van der Waals surface area contributed by atoms with Crippen molar-refractivity contribution in [3.8, 4) is 0 Å². The fourth-order valence-electron chi connectivity index (χ4n) is 2.80. The van der Waals surface area contributed by atoms with Crippen LogP contribution in [0.2, 0.25) is 0 Å². The van der Waals surface area contributed by atoms with E-state index in [4.69, 9.17) is 0 Å². The molecule has 3 unspecified atom stereocenters. The van der Waals surface area contributed by atoms with Gasteiger partial charge in [-0.1, -0.05) is 31.5 Å². The molecule has 4 heteroatoms. The first-order valence-corrected chi connectivity index (χ1v) is 7.54. The lowest BCUT2D eigenvalue weighted by molar-refractivity contribution is 0.295. The zero-order valence-corrected chi connectivity index (χ0v) is 11.6. The smallest absolute Gasteiger partial charge is 0.165 e. The van der Waals surface area contributed by atoms with Crippen molar-refractivity contribution in [2.45, 2.75) is 55.5 Å². The van der Waals surface area contributed by atoms with Crippen LogP contribution in [0, 0.1) is 5.92 Å². The third-order valence-corrected chi connectivity index (χ3v) is 4.97. The lowest BCUT2D eigenvalue weighted by Crippen LogP contribution is -2.40. The van der Waals surface area contributed by atoms with Gasteiger partial charge in [0.2, 0.25) is 0 Å². The molecule has 0 spiro atoms. The first-order valence-electron chi connectivity index (χ1n) is 6.66. The van der Waals surface area contributed by atoms with Crippen molar-refractivity contribution in [2.24, 2.45) is 5.92 Å². The van der Waals surface area contributed by atoms with Gasteiger partial charge in [-0.2, -0.15) is 0 Å². The van der Waals surface area contributed by atoms with Crippen LogP contribution in [0.15, 0.2) is 17.6 Å². The Kier molecular flexibility index (Phi) is 4.92. The number of thioether (sulfide) groups is 1. The molecule has 0 bridgehead atoms. The summed E-state index contributed by atoms with van der Waals surface area (Å²) in [4.78, 5) is 7.53. The molecule has 1 aromatic rings. The summed E-state index contributed by atoms with van der Waals surface area (Å²) in [5, 5.41) is 5.19. The SMILES string of the molecule is CCCC1CCC(NC)C(Sc2ncc[nH]2)C1. The van der Waals surface area contributed by atoms with Crippen molar-refractivity contribution in [1.82, 2.24) is 15.3 Å². The molecule has 0 radical (unpaired) electrons. The van der Waals surface area contributed by atoms with Crippen LogP contribution in [-0.4, -0.2) is 28.3 Å². The minimum absolute atomic E-state index is 0.637. The second-order valence-electron chi connectivity index (χ2n) is 4.91. The van der Waals surface area contributed by atoms with Crippen LogP contribution in [0.4, 0.5) is 0 Å². The van der Waals surface area contributed by atoms with E-state index >= 15 is 0 Å². The summed E-state index contributed by atoms with van der Waals surface area (Å²) in [6.07, 6.45) is 10.4. The van der Waals surface area contributed by atoms with Crippen LogP contribution in [0.5, 0.6) is 0 Å². The van der Waals surface area contributed by atoms with E-state index in [-0.39, 0.29) is 0 Å². The summed E-state index contributed by atoms with van der Waals surface area (Å²) < 4.78 is 0. The second kappa shape index (κ2) is 6.45. The average Bonchev–Trinajstić information content (AvgIpc) is 2.83. The van der Waals surface area contributed by atoms with E-state index in [0.29, 0.717) is 11.3 Å². The van der Waals surface area contributed by atoms with Gasteiger partial charge in [0, 0.05) is 23.7 Å². The number of aromatic nitrogens is 2. The Bertz CT molecular complexity index is 312.